The Labute approximate surface area is 122 Å². The number of benzene rings is 1. The number of aliphatic imine (C=N–C) groups is 2. The first kappa shape index (κ1) is 14.8. The lowest BCUT2D eigenvalue weighted by molar-refractivity contribution is 0.0303. The Morgan fingerprint density at radius 3 is 2.57 bits per heavy atom. The summed E-state index contributed by atoms with van der Waals surface area (Å²) in [5.41, 5.74) is 17.0. The van der Waals surface area contributed by atoms with Gasteiger partial charge in [0.15, 0.2) is 5.96 Å². The van der Waals surface area contributed by atoms with Crippen LogP contribution < -0.4 is 17.2 Å². The minimum absolute atomic E-state index is 0.0595. The predicted molar refractivity (Wildman–Crippen MR) is 80.3 cm³/mol. The van der Waals surface area contributed by atoms with Crippen molar-refractivity contribution in [2.75, 3.05) is 26.3 Å². The fraction of sp³-hybridized carbons (Fsp3) is 0.308. The number of carbonyl (C=O) groups is 1. The van der Waals surface area contributed by atoms with Crippen molar-refractivity contribution in [2.24, 2.45) is 27.2 Å². The SMILES string of the molecule is NC(N)=NC(N)=Nc1cccc(C(=O)N2CCOCC2)c1. The molecule has 0 aliphatic carbocycles. The molecule has 1 heterocycles. The van der Waals surface area contributed by atoms with Crippen LogP contribution in [-0.2, 0) is 4.74 Å². The van der Waals surface area contributed by atoms with Crippen molar-refractivity contribution in [3.63, 3.8) is 0 Å². The maximum absolute atomic E-state index is 12.3. The monoisotopic (exact) mass is 290 g/mol. The Bertz CT molecular complexity index is 574. The van der Waals surface area contributed by atoms with Gasteiger partial charge in [0.1, 0.15) is 0 Å². The smallest absolute Gasteiger partial charge is 0.254 e. The molecule has 1 aliphatic rings. The molecule has 0 radical (unpaired) electrons. The van der Waals surface area contributed by atoms with Gasteiger partial charge in [0.2, 0.25) is 5.96 Å². The van der Waals surface area contributed by atoms with Gasteiger partial charge in [-0.05, 0) is 18.2 Å². The van der Waals surface area contributed by atoms with Crippen molar-refractivity contribution < 1.29 is 9.53 Å². The van der Waals surface area contributed by atoms with Crippen LogP contribution in [0.5, 0.6) is 0 Å². The molecule has 1 amide bonds. The van der Waals surface area contributed by atoms with E-state index in [-0.39, 0.29) is 17.8 Å². The van der Waals surface area contributed by atoms with E-state index < -0.39 is 0 Å². The molecule has 1 aromatic carbocycles. The molecule has 1 fully saturated rings. The maximum atomic E-state index is 12.3. The minimum atomic E-state index is -0.170. The lowest BCUT2D eigenvalue weighted by atomic mass is 10.1. The van der Waals surface area contributed by atoms with E-state index in [4.69, 9.17) is 21.9 Å². The van der Waals surface area contributed by atoms with E-state index in [2.05, 4.69) is 9.98 Å². The van der Waals surface area contributed by atoms with Crippen LogP contribution in [0.25, 0.3) is 0 Å². The lowest BCUT2D eigenvalue weighted by Crippen LogP contribution is -2.40. The number of hydrogen-bond donors (Lipinski definition) is 3. The number of ether oxygens (including phenoxy) is 1. The zero-order valence-electron chi connectivity index (χ0n) is 11.5. The predicted octanol–water partition coefficient (Wildman–Crippen LogP) is -0.621. The fourth-order valence-electron chi connectivity index (χ4n) is 1.95. The number of nitrogens with zero attached hydrogens (tertiary/aromatic N) is 3. The average molecular weight is 290 g/mol. The summed E-state index contributed by atoms with van der Waals surface area (Å²) < 4.78 is 5.23. The van der Waals surface area contributed by atoms with Gasteiger partial charge >= 0.3 is 0 Å². The van der Waals surface area contributed by atoms with Crippen molar-refractivity contribution in [3.05, 3.63) is 29.8 Å². The first-order valence-corrected chi connectivity index (χ1v) is 6.47. The van der Waals surface area contributed by atoms with Crippen LogP contribution in [0.15, 0.2) is 34.3 Å². The molecule has 8 heteroatoms. The van der Waals surface area contributed by atoms with Crippen LogP contribution in [-0.4, -0.2) is 49.0 Å². The highest BCUT2D eigenvalue weighted by molar-refractivity contribution is 5.96. The van der Waals surface area contributed by atoms with E-state index >= 15 is 0 Å². The van der Waals surface area contributed by atoms with Gasteiger partial charge in [0.05, 0.1) is 18.9 Å². The zero-order valence-corrected chi connectivity index (χ0v) is 11.5. The maximum Gasteiger partial charge on any atom is 0.254 e. The third-order valence-electron chi connectivity index (χ3n) is 2.88. The van der Waals surface area contributed by atoms with Crippen LogP contribution in [0.1, 0.15) is 10.4 Å². The Hall–Kier alpha value is -2.61. The molecule has 0 saturated carbocycles. The summed E-state index contributed by atoms with van der Waals surface area (Å²) >= 11 is 0. The van der Waals surface area contributed by atoms with Crippen LogP contribution >= 0.6 is 0 Å². The van der Waals surface area contributed by atoms with E-state index in [1.165, 1.54) is 0 Å². The van der Waals surface area contributed by atoms with Crippen LogP contribution in [0.4, 0.5) is 5.69 Å². The molecule has 6 N–H and O–H groups in total. The number of hydrogen-bond acceptors (Lipinski definition) is 3. The summed E-state index contributed by atoms with van der Waals surface area (Å²) in [6.07, 6.45) is 0. The number of amides is 1. The first-order chi connectivity index (χ1) is 10.1. The van der Waals surface area contributed by atoms with Crippen molar-refractivity contribution in [1.82, 2.24) is 4.90 Å². The normalized spacial score (nSPS) is 15.6. The number of guanidine groups is 2. The van der Waals surface area contributed by atoms with E-state index in [0.717, 1.165) is 0 Å². The standard InChI is InChI=1S/C13H18N6O2/c14-12(15)18-13(16)17-10-3-1-2-9(8-10)11(20)19-4-6-21-7-5-19/h1-3,8H,4-7H2,(H6,14,15,16,17,18). The van der Waals surface area contributed by atoms with Gasteiger partial charge in [-0.3, -0.25) is 4.79 Å². The molecule has 1 aliphatic heterocycles. The molecule has 1 aromatic rings. The molecule has 0 aromatic heterocycles. The molecule has 21 heavy (non-hydrogen) atoms. The molecule has 0 atom stereocenters. The summed E-state index contributed by atoms with van der Waals surface area (Å²) in [5.74, 6) is -0.293. The fourth-order valence-corrected chi connectivity index (χ4v) is 1.95. The van der Waals surface area contributed by atoms with E-state index in [0.29, 0.717) is 37.6 Å². The lowest BCUT2D eigenvalue weighted by Gasteiger charge is -2.26. The first-order valence-electron chi connectivity index (χ1n) is 6.47. The number of morpholine rings is 1. The number of nitrogens with two attached hydrogens (primary N) is 3. The highest BCUT2D eigenvalue weighted by atomic mass is 16.5. The van der Waals surface area contributed by atoms with Gasteiger partial charge in [0.25, 0.3) is 5.91 Å². The van der Waals surface area contributed by atoms with E-state index in [1.807, 2.05) is 0 Å². The summed E-state index contributed by atoms with van der Waals surface area (Å²) in [6, 6.07) is 6.82. The third kappa shape index (κ3) is 4.18. The van der Waals surface area contributed by atoms with E-state index in [9.17, 15) is 4.79 Å². The zero-order chi connectivity index (χ0) is 15.2. The largest absolute Gasteiger partial charge is 0.378 e. The summed E-state index contributed by atoms with van der Waals surface area (Å²) in [7, 11) is 0. The van der Waals surface area contributed by atoms with Crippen molar-refractivity contribution in [3.8, 4) is 0 Å². The van der Waals surface area contributed by atoms with E-state index in [1.54, 1.807) is 29.2 Å². The molecule has 8 nitrogen and oxygen atoms in total. The Morgan fingerprint density at radius 1 is 1.19 bits per heavy atom. The third-order valence-corrected chi connectivity index (χ3v) is 2.88. The molecule has 0 unspecified atom stereocenters. The second-order valence-electron chi connectivity index (χ2n) is 4.46. The Balaban J connectivity index is 2.17. The highest BCUT2D eigenvalue weighted by Crippen LogP contribution is 2.16. The summed E-state index contributed by atoms with van der Waals surface area (Å²) in [6.45, 7) is 2.28. The second kappa shape index (κ2) is 6.71. The van der Waals surface area contributed by atoms with Crippen LogP contribution in [0, 0.1) is 0 Å². The average Bonchev–Trinajstić information content (AvgIpc) is 2.46. The molecule has 0 bridgehead atoms. The topological polar surface area (TPSA) is 132 Å². The van der Waals surface area contributed by atoms with Gasteiger partial charge in [-0.1, -0.05) is 6.07 Å². The molecule has 1 saturated heterocycles. The van der Waals surface area contributed by atoms with Gasteiger partial charge in [-0.2, -0.15) is 4.99 Å². The summed E-state index contributed by atoms with van der Waals surface area (Å²) in [4.78, 5) is 21.7. The van der Waals surface area contributed by atoms with Gasteiger partial charge in [-0.15, -0.1) is 0 Å². The summed E-state index contributed by atoms with van der Waals surface area (Å²) in [5, 5.41) is 0. The van der Waals surface area contributed by atoms with Gasteiger partial charge in [0, 0.05) is 18.7 Å². The van der Waals surface area contributed by atoms with Gasteiger partial charge in [-0.25, -0.2) is 4.99 Å². The molecule has 2 rings (SSSR count). The van der Waals surface area contributed by atoms with Crippen LogP contribution in [0.3, 0.4) is 0 Å². The second-order valence-corrected chi connectivity index (χ2v) is 4.46. The van der Waals surface area contributed by atoms with Gasteiger partial charge < -0.3 is 26.8 Å². The van der Waals surface area contributed by atoms with Crippen molar-refractivity contribution in [2.45, 2.75) is 0 Å². The Kier molecular flexibility index (Phi) is 4.72. The Morgan fingerprint density at radius 2 is 1.90 bits per heavy atom. The molecular formula is C13H18N6O2. The highest BCUT2D eigenvalue weighted by Gasteiger charge is 2.18. The van der Waals surface area contributed by atoms with Crippen molar-refractivity contribution in [1.29, 1.82) is 0 Å². The quantitative estimate of drug-likeness (QED) is 0.493. The molecule has 112 valence electrons. The molecule has 0 spiro atoms. The molecular weight excluding hydrogens is 272 g/mol. The van der Waals surface area contributed by atoms with Crippen molar-refractivity contribution >= 4 is 23.5 Å². The number of carbonyl (C=O) groups excluding carboxylic acids is 1. The van der Waals surface area contributed by atoms with Crippen LogP contribution in [0.2, 0.25) is 0 Å². The number of rotatable bonds is 2. The minimum Gasteiger partial charge on any atom is -0.378 e.